The smallest absolute Gasteiger partial charge is 0.310 e. The molecule has 0 spiro atoms. The van der Waals surface area contributed by atoms with Gasteiger partial charge in [-0.25, -0.2) is 0 Å². The van der Waals surface area contributed by atoms with Crippen LogP contribution >= 0.6 is 11.8 Å². The summed E-state index contributed by atoms with van der Waals surface area (Å²) in [5.74, 6) is 0.151. The highest BCUT2D eigenvalue weighted by atomic mass is 32.2. The van der Waals surface area contributed by atoms with Crippen molar-refractivity contribution in [3.63, 3.8) is 0 Å². The lowest BCUT2D eigenvalue weighted by atomic mass is 9.98. The van der Waals surface area contributed by atoms with Crippen LogP contribution in [0.15, 0.2) is 27.8 Å². The second-order valence-electron chi connectivity index (χ2n) is 6.89. The molecule has 0 N–H and O–H groups in total. The lowest BCUT2D eigenvalue weighted by Gasteiger charge is -2.31. The van der Waals surface area contributed by atoms with Crippen LogP contribution in [0, 0.1) is 19.8 Å². The van der Waals surface area contributed by atoms with Crippen LogP contribution in [-0.2, 0) is 14.3 Å². The predicted molar refractivity (Wildman–Crippen MR) is 106 cm³/mol. The Kier molecular flexibility index (Phi) is 6.72. The van der Waals surface area contributed by atoms with Gasteiger partial charge in [-0.3, -0.25) is 9.59 Å². The highest BCUT2D eigenvalue weighted by Crippen LogP contribution is 2.26. The lowest BCUT2D eigenvalue weighted by molar-refractivity contribution is -0.151. The minimum Gasteiger partial charge on any atom is -0.466 e. The number of thioether (sulfide) groups is 1. The van der Waals surface area contributed by atoms with Crippen LogP contribution in [0.25, 0.3) is 11.5 Å². The molecule has 150 valence electrons. The van der Waals surface area contributed by atoms with Gasteiger partial charge in [0.2, 0.25) is 11.8 Å². The fourth-order valence-corrected chi connectivity index (χ4v) is 3.80. The number of nitrogens with zero attached hydrogens (tertiary/aromatic N) is 3. The summed E-state index contributed by atoms with van der Waals surface area (Å²) in [6.45, 7) is 7.30. The van der Waals surface area contributed by atoms with Crippen molar-refractivity contribution in [1.82, 2.24) is 15.1 Å². The van der Waals surface area contributed by atoms with E-state index in [1.165, 1.54) is 17.3 Å². The first kappa shape index (κ1) is 20.4. The maximum atomic E-state index is 12.5. The van der Waals surface area contributed by atoms with Crippen molar-refractivity contribution in [2.45, 2.75) is 38.8 Å². The Bertz CT molecular complexity index is 852. The highest BCUT2D eigenvalue weighted by Gasteiger charge is 2.29. The van der Waals surface area contributed by atoms with Crippen molar-refractivity contribution in [3.05, 3.63) is 29.3 Å². The van der Waals surface area contributed by atoms with E-state index in [1.807, 2.05) is 32.0 Å². The number of aryl methyl sites for hydroxylation is 2. The summed E-state index contributed by atoms with van der Waals surface area (Å²) in [7, 11) is 0. The van der Waals surface area contributed by atoms with Gasteiger partial charge in [-0.1, -0.05) is 17.8 Å². The molecule has 1 aliphatic rings. The molecule has 1 aliphatic heterocycles. The molecular formula is C20H25N3O4S. The summed E-state index contributed by atoms with van der Waals surface area (Å²) in [6.07, 6.45) is 1.57. The van der Waals surface area contributed by atoms with E-state index in [9.17, 15) is 9.59 Å². The van der Waals surface area contributed by atoms with E-state index >= 15 is 0 Å². The second-order valence-corrected chi connectivity index (χ2v) is 7.82. The molecule has 1 fully saturated rings. The molecule has 28 heavy (non-hydrogen) atoms. The van der Waals surface area contributed by atoms with Gasteiger partial charge in [-0.2, -0.15) is 0 Å². The van der Waals surface area contributed by atoms with Crippen molar-refractivity contribution in [1.29, 1.82) is 0 Å². The monoisotopic (exact) mass is 403 g/mol. The molecule has 1 saturated heterocycles. The van der Waals surface area contributed by atoms with Crippen LogP contribution in [0.4, 0.5) is 0 Å². The van der Waals surface area contributed by atoms with Crippen LogP contribution < -0.4 is 0 Å². The number of benzene rings is 1. The number of carbonyl (C=O) groups is 2. The van der Waals surface area contributed by atoms with Gasteiger partial charge in [0.15, 0.2) is 0 Å². The first-order valence-electron chi connectivity index (χ1n) is 9.46. The molecule has 1 aromatic carbocycles. The molecule has 0 radical (unpaired) electrons. The fourth-order valence-electron chi connectivity index (χ4n) is 3.13. The van der Waals surface area contributed by atoms with Crippen molar-refractivity contribution in [2.75, 3.05) is 25.4 Å². The molecule has 2 heterocycles. The molecule has 3 rings (SSSR count). The van der Waals surface area contributed by atoms with Crippen LogP contribution in [0.5, 0.6) is 0 Å². The van der Waals surface area contributed by atoms with E-state index in [2.05, 4.69) is 10.2 Å². The number of likely N-dealkylation sites (tertiary alicyclic amines) is 1. The maximum absolute atomic E-state index is 12.5. The van der Waals surface area contributed by atoms with Crippen LogP contribution in [-0.4, -0.2) is 52.4 Å². The third-order valence-electron chi connectivity index (χ3n) is 4.87. The van der Waals surface area contributed by atoms with E-state index in [-0.39, 0.29) is 23.5 Å². The van der Waals surface area contributed by atoms with E-state index in [0.717, 1.165) is 24.0 Å². The number of hydrogen-bond acceptors (Lipinski definition) is 7. The first-order chi connectivity index (χ1) is 13.5. The molecule has 7 nitrogen and oxygen atoms in total. The second kappa shape index (κ2) is 9.23. The molecule has 1 atom stereocenters. The molecule has 1 amide bonds. The summed E-state index contributed by atoms with van der Waals surface area (Å²) in [4.78, 5) is 26.2. The Hall–Kier alpha value is -2.35. The van der Waals surface area contributed by atoms with Crippen molar-refractivity contribution < 1.29 is 18.7 Å². The molecule has 2 aromatic rings. The zero-order valence-electron chi connectivity index (χ0n) is 16.4. The Labute approximate surface area is 168 Å². The summed E-state index contributed by atoms with van der Waals surface area (Å²) >= 11 is 1.22. The largest absolute Gasteiger partial charge is 0.466 e. The van der Waals surface area contributed by atoms with Crippen LogP contribution in [0.1, 0.15) is 30.9 Å². The Morgan fingerprint density at radius 1 is 1.29 bits per heavy atom. The maximum Gasteiger partial charge on any atom is 0.310 e. The van der Waals surface area contributed by atoms with E-state index in [1.54, 1.807) is 11.8 Å². The summed E-state index contributed by atoms with van der Waals surface area (Å²) < 4.78 is 10.8. The van der Waals surface area contributed by atoms with Gasteiger partial charge in [-0.05, 0) is 56.9 Å². The lowest BCUT2D eigenvalue weighted by Crippen LogP contribution is -2.43. The minimum atomic E-state index is -0.234. The minimum absolute atomic E-state index is 0.0371. The summed E-state index contributed by atoms with van der Waals surface area (Å²) in [5, 5.41) is 8.47. The third-order valence-corrected chi connectivity index (χ3v) is 5.68. The van der Waals surface area contributed by atoms with Gasteiger partial charge in [-0.15, -0.1) is 10.2 Å². The quantitative estimate of drug-likeness (QED) is 0.540. The van der Waals surface area contributed by atoms with E-state index in [4.69, 9.17) is 9.15 Å². The number of piperidine rings is 1. The molecule has 1 aromatic heterocycles. The normalized spacial score (nSPS) is 16.8. The van der Waals surface area contributed by atoms with Crippen LogP contribution in [0.2, 0.25) is 0 Å². The van der Waals surface area contributed by atoms with Gasteiger partial charge in [0.1, 0.15) is 0 Å². The molecule has 0 aliphatic carbocycles. The number of amides is 1. The number of hydrogen-bond donors (Lipinski definition) is 0. The fraction of sp³-hybridized carbons (Fsp3) is 0.500. The summed E-state index contributed by atoms with van der Waals surface area (Å²) in [6, 6.07) is 5.96. The van der Waals surface area contributed by atoms with Crippen LogP contribution in [0.3, 0.4) is 0 Å². The van der Waals surface area contributed by atoms with Gasteiger partial charge in [0, 0.05) is 18.7 Å². The number of aromatic nitrogens is 2. The predicted octanol–water partition coefficient (Wildman–Crippen LogP) is 3.25. The molecule has 0 saturated carbocycles. The van der Waals surface area contributed by atoms with Gasteiger partial charge >= 0.3 is 5.97 Å². The third kappa shape index (κ3) is 4.92. The van der Waals surface area contributed by atoms with Gasteiger partial charge < -0.3 is 14.1 Å². The SMILES string of the molecule is CCOC(=O)[C@@H]1CCCN(C(=O)CSc2nnc(-c3ccc(C)c(C)c3)o2)C1. The number of esters is 1. The highest BCUT2D eigenvalue weighted by molar-refractivity contribution is 7.99. The zero-order chi connectivity index (χ0) is 20.1. The molecular weight excluding hydrogens is 378 g/mol. The van der Waals surface area contributed by atoms with Crippen molar-refractivity contribution >= 4 is 23.6 Å². The topological polar surface area (TPSA) is 85.5 Å². The summed E-state index contributed by atoms with van der Waals surface area (Å²) in [5.41, 5.74) is 3.22. The van der Waals surface area contributed by atoms with Crippen molar-refractivity contribution in [2.24, 2.45) is 5.92 Å². The van der Waals surface area contributed by atoms with Crippen molar-refractivity contribution in [3.8, 4) is 11.5 Å². The van der Waals surface area contributed by atoms with E-state index < -0.39 is 0 Å². The average molecular weight is 404 g/mol. The number of carbonyl (C=O) groups excluding carboxylic acids is 2. The Morgan fingerprint density at radius 3 is 2.86 bits per heavy atom. The van der Waals surface area contributed by atoms with E-state index in [0.29, 0.717) is 30.8 Å². The Morgan fingerprint density at radius 2 is 2.11 bits per heavy atom. The number of rotatable bonds is 6. The molecule has 0 unspecified atom stereocenters. The number of ether oxygens (including phenoxy) is 1. The Balaban J connectivity index is 1.55. The molecule has 8 heteroatoms. The zero-order valence-corrected chi connectivity index (χ0v) is 17.3. The first-order valence-corrected chi connectivity index (χ1v) is 10.4. The van der Waals surface area contributed by atoms with Gasteiger partial charge in [0.25, 0.3) is 5.22 Å². The molecule has 0 bridgehead atoms. The standard InChI is InChI=1S/C20H25N3O4S/c1-4-26-19(25)16-6-5-9-23(11-16)17(24)12-28-20-22-21-18(27-20)15-8-7-13(2)14(3)10-15/h7-8,10,16H,4-6,9,11-12H2,1-3H3/t16-/m1/s1. The average Bonchev–Trinajstić information content (AvgIpc) is 3.17. The van der Waals surface area contributed by atoms with Gasteiger partial charge in [0.05, 0.1) is 18.3 Å².